The number of piperidine rings is 1. The lowest BCUT2D eigenvalue weighted by Crippen LogP contribution is -2.41. The van der Waals surface area contributed by atoms with E-state index in [0.29, 0.717) is 28.5 Å². The van der Waals surface area contributed by atoms with Gasteiger partial charge in [0.1, 0.15) is 22.7 Å². The maximum absolute atomic E-state index is 14.2. The number of aromatic nitrogens is 5. The Morgan fingerprint density at radius 1 is 1.21 bits per heavy atom. The molecule has 1 atom stereocenters. The quantitative estimate of drug-likeness (QED) is 0.433. The summed E-state index contributed by atoms with van der Waals surface area (Å²) in [6.07, 6.45) is 5.32. The highest BCUT2D eigenvalue weighted by Gasteiger charge is 2.41. The predicted octanol–water partition coefficient (Wildman–Crippen LogP) is 3.99. The number of aryl methyl sites for hydroxylation is 1. The molecule has 0 radical (unpaired) electrons. The van der Waals surface area contributed by atoms with E-state index in [1.807, 2.05) is 6.07 Å². The highest BCUT2D eigenvalue weighted by atomic mass is 19.1. The van der Waals surface area contributed by atoms with Gasteiger partial charge in [-0.15, -0.1) is 0 Å². The summed E-state index contributed by atoms with van der Waals surface area (Å²) in [7, 11) is 0. The summed E-state index contributed by atoms with van der Waals surface area (Å²) in [6, 6.07) is 4.03. The highest BCUT2D eigenvalue weighted by molar-refractivity contribution is 5.85. The van der Waals surface area contributed by atoms with Crippen LogP contribution in [0.3, 0.4) is 0 Å². The Labute approximate surface area is 195 Å². The van der Waals surface area contributed by atoms with E-state index in [4.69, 9.17) is 9.72 Å². The fraction of sp³-hybridized carbons (Fsp3) is 0.400. The maximum atomic E-state index is 14.2. The molecule has 7 nitrogen and oxygen atoms in total. The molecule has 0 amide bonds. The molecule has 9 heteroatoms. The van der Waals surface area contributed by atoms with E-state index in [0.717, 1.165) is 56.4 Å². The number of H-pyrrole nitrogens is 1. The number of nitrogens with zero attached hydrogens (tertiary/aromatic N) is 5. The van der Waals surface area contributed by atoms with Crippen LogP contribution in [0.5, 0.6) is 0 Å². The first kappa shape index (κ1) is 21.1. The first-order valence-electron chi connectivity index (χ1n) is 11.5. The fourth-order valence-electron chi connectivity index (χ4n) is 5.31. The van der Waals surface area contributed by atoms with Crippen LogP contribution in [0.2, 0.25) is 0 Å². The van der Waals surface area contributed by atoms with Crippen LogP contribution in [0, 0.1) is 35.8 Å². The van der Waals surface area contributed by atoms with E-state index in [2.05, 4.69) is 39.0 Å². The number of nitrogens with one attached hydrogen (secondary N) is 1. The lowest BCUT2D eigenvalue weighted by molar-refractivity contribution is 0.0976. The van der Waals surface area contributed by atoms with Crippen molar-refractivity contribution < 1.29 is 13.5 Å². The van der Waals surface area contributed by atoms with Crippen LogP contribution >= 0.6 is 0 Å². The second-order valence-electron chi connectivity index (χ2n) is 9.48. The lowest BCUT2D eigenvalue weighted by atomic mass is 9.77. The summed E-state index contributed by atoms with van der Waals surface area (Å²) in [5.41, 5.74) is 3.31. The standard InChI is InChI=1S/C25H24F2N6O/c1-15-11-17(26)12-19(27)18(15)3-4-20-22-23(31-30-20)29-24(21-5-8-28-33(21)22)32-9-6-25(7-10-32)13-16(2)34-14-25/h5,8,11-12,16H,6-7,9-10,13-14H2,1-2H3,(H,30,31)/t16-/m0/s1. The van der Waals surface area contributed by atoms with Crippen LogP contribution in [0.1, 0.15) is 43.0 Å². The topological polar surface area (TPSA) is 71.3 Å². The Balaban J connectivity index is 1.36. The zero-order valence-corrected chi connectivity index (χ0v) is 19.0. The fourth-order valence-corrected chi connectivity index (χ4v) is 5.31. The molecule has 2 aliphatic heterocycles. The summed E-state index contributed by atoms with van der Waals surface area (Å²) in [6.45, 7) is 6.42. The van der Waals surface area contributed by atoms with Crippen molar-refractivity contribution in [3.05, 3.63) is 52.9 Å². The van der Waals surface area contributed by atoms with Crippen molar-refractivity contribution >= 4 is 22.5 Å². The van der Waals surface area contributed by atoms with Crippen LogP contribution < -0.4 is 4.90 Å². The minimum absolute atomic E-state index is 0.145. The molecule has 3 aromatic heterocycles. The summed E-state index contributed by atoms with van der Waals surface area (Å²) in [4.78, 5) is 7.18. The third kappa shape index (κ3) is 3.41. The van der Waals surface area contributed by atoms with Gasteiger partial charge in [-0.2, -0.15) is 10.2 Å². The Morgan fingerprint density at radius 2 is 2.03 bits per heavy atom. The SMILES string of the molecule is Cc1cc(F)cc(F)c1C#Cc1n[nH]c2nc(N3CCC4(CC3)CO[C@@H](C)C4)c3ccnn3c12. The first-order valence-corrected chi connectivity index (χ1v) is 11.5. The minimum Gasteiger partial charge on any atom is -0.378 e. The molecule has 2 saturated heterocycles. The van der Waals surface area contributed by atoms with Crippen molar-refractivity contribution in [1.82, 2.24) is 24.8 Å². The van der Waals surface area contributed by atoms with E-state index in [1.165, 1.54) is 6.07 Å². The molecule has 0 saturated carbocycles. The molecule has 2 fully saturated rings. The van der Waals surface area contributed by atoms with Gasteiger partial charge in [0.15, 0.2) is 17.2 Å². The normalized spacial score (nSPS) is 19.8. The van der Waals surface area contributed by atoms with Gasteiger partial charge in [0.2, 0.25) is 0 Å². The number of rotatable bonds is 1. The largest absolute Gasteiger partial charge is 0.378 e. The number of anilines is 1. The molecule has 174 valence electrons. The summed E-state index contributed by atoms with van der Waals surface area (Å²) >= 11 is 0. The van der Waals surface area contributed by atoms with Gasteiger partial charge in [0.05, 0.1) is 24.5 Å². The van der Waals surface area contributed by atoms with Gasteiger partial charge in [-0.3, -0.25) is 5.10 Å². The summed E-state index contributed by atoms with van der Waals surface area (Å²) in [5, 5.41) is 11.8. The Hall–Kier alpha value is -3.51. The Bertz CT molecular complexity index is 1450. The van der Waals surface area contributed by atoms with Gasteiger partial charge < -0.3 is 9.64 Å². The lowest BCUT2D eigenvalue weighted by Gasteiger charge is -2.39. The van der Waals surface area contributed by atoms with Gasteiger partial charge in [0, 0.05) is 19.2 Å². The zero-order chi connectivity index (χ0) is 23.4. The highest BCUT2D eigenvalue weighted by Crippen LogP contribution is 2.43. The molecular formula is C25H24F2N6O. The van der Waals surface area contributed by atoms with Crippen LogP contribution in [-0.2, 0) is 4.74 Å². The second-order valence-corrected chi connectivity index (χ2v) is 9.48. The maximum Gasteiger partial charge on any atom is 0.177 e. The molecule has 1 spiro atoms. The number of hydrogen-bond acceptors (Lipinski definition) is 5. The number of fused-ring (bicyclic) bond motifs is 3. The van der Waals surface area contributed by atoms with Gasteiger partial charge in [-0.25, -0.2) is 18.3 Å². The molecule has 6 rings (SSSR count). The van der Waals surface area contributed by atoms with Crippen LogP contribution in [-0.4, -0.2) is 50.6 Å². The molecule has 0 bridgehead atoms. The van der Waals surface area contributed by atoms with E-state index in [-0.39, 0.29) is 11.0 Å². The average Bonchev–Trinajstić information content (AvgIpc) is 3.52. The van der Waals surface area contributed by atoms with Crippen molar-refractivity contribution in [3.63, 3.8) is 0 Å². The summed E-state index contributed by atoms with van der Waals surface area (Å²) in [5.74, 6) is 5.26. The van der Waals surface area contributed by atoms with E-state index in [1.54, 1.807) is 17.6 Å². The number of benzene rings is 1. The molecule has 0 aliphatic carbocycles. The number of halogens is 2. The Kier molecular flexibility index (Phi) is 4.81. The van der Waals surface area contributed by atoms with Gasteiger partial charge in [0.25, 0.3) is 0 Å². The predicted molar refractivity (Wildman–Crippen MR) is 124 cm³/mol. The van der Waals surface area contributed by atoms with Crippen LogP contribution in [0.15, 0.2) is 24.4 Å². The molecule has 5 heterocycles. The van der Waals surface area contributed by atoms with Crippen molar-refractivity contribution in [2.45, 2.75) is 39.2 Å². The van der Waals surface area contributed by atoms with Crippen LogP contribution in [0.4, 0.5) is 14.6 Å². The van der Waals surface area contributed by atoms with Gasteiger partial charge in [-0.1, -0.05) is 5.92 Å². The Morgan fingerprint density at radius 3 is 2.76 bits per heavy atom. The zero-order valence-electron chi connectivity index (χ0n) is 19.0. The molecular weight excluding hydrogens is 438 g/mol. The second kappa shape index (κ2) is 7.77. The van der Waals surface area contributed by atoms with E-state index >= 15 is 0 Å². The molecule has 2 aliphatic rings. The molecule has 4 aromatic rings. The molecule has 34 heavy (non-hydrogen) atoms. The van der Waals surface area contributed by atoms with Crippen LogP contribution in [0.25, 0.3) is 16.7 Å². The smallest absolute Gasteiger partial charge is 0.177 e. The number of aromatic amines is 1. The monoisotopic (exact) mass is 462 g/mol. The molecule has 1 N–H and O–H groups in total. The number of hydrogen-bond donors (Lipinski definition) is 1. The molecule has 0 unspecified atom stereocenters. The minimum atomic E-state index is -0.695. The summed E-state index contributed by atoms with van der Waals surface area (Å²) < 4.78 is 35.3. The average molecular weight is 463 g/mol. The van der Waals surface area contributed by atoms with Gasteiger partial charge >= 0.3 is 0 Å². The van der Waals surface area contributed by atoms with Crippen molar-refractivity contribution in [2.24, 2.45) is 5.41 Å². The first-order chi connectivity index (χ1) is 16.4. The third-order valence-electron chi connectivity index (χ3n) is 7.10. The van der Waals surface area contributed by atoms with Crippen molar-refractivity contribution in [2.75, 3.05) is 24.6 Å². The van der Waals surface area contributed by atoms with E-state index < -0.39 is 11.6 Å². The van der Waals surface area contributed by atoms with Crippen molar-refractivity contribution in [3.8, 4) is 11.8 Å². The third-order valence-corrected chi connectivity index (χ3v) is 7.10. The van der Waals surface area contributed by atoms with E-state index in [9.17, 15) is 8.78 Å². The number of ether oxygens (including phenoxy) is 1. The van der Waals surface area contributed by atoms with Gasteiger partial charge in [-0.05, 0) is 62.1 Å². The van der Waals surface area contributed by atoms with Crippen molar-refractivity contribution in [1.29, 1.82) is 0 Å². The molecule has 1 aromatic carbocycles.